The number of allylic oxidation sites excluding steroid dienone is 1. The fourth-order valence-corrected chi connectivity index (χ4v) is 2.27. The van der Waals surface area contributed by atoms with Crippen LogP contribution in [0.2, 0.25) is 5.02 Å². The Labute approximate surface area is 175 Å². The molecule has 9 heteroatoms. The zero-order valence-electron chi connectivity index (χ0n) is 18.0. The SMILES string of the molecule is C=C(C)c1cc(N(C(=O)OC(C)(C)C)C(=O)OC(C)(C)C)c(Cl)c(C(=O)OC)n1. The summed E-state index contributed by atoms with van der Waals surface area (Å²) in [4.78, 5) is 42.6. The highest BCUT2D eigenvalue weighted by Gasteiger charge is 2.35. The van der Waals surface area contributed by atoms with E-state index in [-0.39, 0.29) is 22.1 Å². The maximum absolute atomic E-state index is 12.9. The fraction of sp³-hybridized carbons (Fsp3) is 0.500. The normalized spacial score (nSPS) is 11.5. The fourth-order valence-electron chi connectivity index (χ4n) is 2.02. The minimum atomic E-state index is -1.02. The number of halogens is 1. The van der Waals surface area contributed by atoms with Gasteiger partial charge >= 0.3 is 18.2 Å². The summed E-state index contributed by atoms with van der Waals surface area (Å²) < 4.78 is 15.4. The first-order valence-electron chi connectivity index (χ1n) is 8.78. The quantitative estimate of drug-likeness (QED) is 0.482. The molecule has 0 unspecified atom stereocenters. The Morgan fingerprint density at radius 3 is 1.83 bits per heavy atom. The van der Waals surface area contributed by atoms with E-state index in [4.69, 9.17) is 25.8 Å². The highest BCUT2D eigenvalue weighted by Crippen LogP contribution is 2.33. The van der Waals surface area contributed by atoms with Gasteiger partial charge in [0.15, 0.2) is 5.69 Å². The average Bonchev–Trinajstić information content (AvgIpc) is 2.52. The summed E-state index contributed by atoms with van der Waals surface area (Å²) in [5.41, 5.74) is -1.51. The van der Waals surface area contributed by atoms with Gasteiger partial charge in [-0.3, -0.25) is 0 Å². The largest absolute Gasteiger partial charge is 0.464 e. The van der Waals surface area contributed by atoms with Gasteiger partial charge in [0.2, 0.25) is 0 Å². The highest BCUT2D eigenvalue weighted by atomic mass is 35.5. The molecule has 29 heavy (non-hydrogen) atoms. The minimum absolute atomic E-state index is 0.136. The number of nitrogens with zero attached hydrogens (tertiary/aromatic N) is 2. The van der Waals surface area contributed by atoms with Crippen LogP contribution in [-0.2, 0) is 14.2 Å². The summed E-state index contributed by atoms with van der Waals surface area (Å²) in [5.74, 6) is -0.840. The van der Waals surface area contributed by atoms with Gasteiger partial charge in [-0.1, -0.05) is 18.2 Å². The highest BCUT2D eigenvalue weighted by molar-refractivity contribution is 6.37. The molecule has 160 valence electrons. The second-order valence-corrected chi connectivity index (χ2v) is 8.64. The molecule has 0 aromatic carbocycles. The van der Waals surface area contributed by atoms with Crippen LogP contribution in [0.5, 0.6) is 0 Å². The van der Waals surface area contributed by atoms with Crippen LogP contribution in [0.1, 0.15) is 64.6 Å². The number of carbonyl (C=O) groups is 3. The molecule has 0 saturated carbocycles. The lowest BCUT2D eigenvalue weighted by Crippen LogP contribution is -2.44. The molecule has 0 bridgehead atoms. The first-order chi connectivity index (χ1) is 13.1. The zero-order valence-corrected chi connectivity index (χ0v) is 18.8. The van der Waals surface area contributed by atoms with Crippen LogP contribution in [0.25, 0.3) is 5.57 Å². The van der Waals surface area contributed by atoms with E-state index in [9.17, 15) is 14.4 Å². The Kier molecular flexibility index (Phi) is 7.43. The molecule has 0 aliphatic rings. The second-order valence-electron chi connectivity index (χ2n) is 8.26. The third kappa shape index (κ3) is 6.74. The standard InChI is InChI=1S/C20H27ClN2O6/c1-11(2)12-10-13(14(21)15(22-12)16(24)27-9)23(17(25)28-19(3,4)5)18(26)29-20(6,7)8/h10H,1H2,2-9H3. The zero-order chi connectivity index (χ0) is 22.7. The Bertz CT molecular complexity index is 809. The summed E-state index contributed by atoms with van der Waals surface area (Å²) in [6.07, 6.45) is -2.05. The number of hydrogen-bond acceptors (Lipinski definition) is 7. The van der Waals surface area contributed by atoms with E-state index in [2.05, 4.69) is 11.6 Å². The van der Waals surface area contributed by atoms with Crippen molar-refractivity contribution in [3.63, 3.8) is 0 Å². The van der Waals surface area contributed by atoms with Crippen molar-refractivity contribution < 1.29 is 28.6 Å². The number of pyridine rings is 1. The number of aromatic nitrogens is 1. The number of hydrogen-bond donors (Lipinski definition) is 0. The number of methoxy groups -OCH3 is 1. The molecule has 0 radical (unpaired) electrons. The van der Waals surface area contributed by atoms with Crippen molar-refractivity contribution in [2.75, 3.05) is 12.0 Å². The maximum Gasteiger partial charge on any atom is 0.424 e. The van der Waals surface area contributed by atoms with E-state index in [0.29, 0.717) is 10.5 Å². The van der Waals surface area contributed by atoms with Gasteiger partial charge in [-0.2, -0.15) is 4.90 Å². The molecule has 0 spiro atoms. The van der Waals surface area contributed by atoms with E-state index in [0.717, 1.165) is 7.11 Å². The van der Waals surface area contributed by atoms with Gasteiger partial charge in [-0.05, 0) is 60.1 Å². The molecule has 8 nitrogen and oxygen atoms in total. The summed E-state index contributed by atoms with van der Waals surface area (Å²) >= 11 is 6.33. The lowest BCUT2D eigenvalue weighted by Gasteiger charge is -2.29. The van der Waals surface area contributed by atoms with Crippen molar-refractivity contribution in [2.45, 2.75) is 59.7 Å². The van der Waals surface area contributed by atoms with Gasteiger partial charge in [0, 0.05) is 0 Å². The van der Waals surface area contributed by atoms with Crippen LogP contribution >= 0.6 is 11.6 Å². The van der Waals surface area contributed by atoms with Crippen LogP contribution in [0.3, 0.4) is 0 Å². The molecular formula is C20H27ClN2O6. The van der Waals surface area contributed by atoms with Crippen molar-refractivity contribution in [3.05, 3.63) is 29.1 Å². The third-order valence-corrected chi connectivity index (χ3v) is 3.52. The molecule has 1 aromatic heterocycles. The lowest BCUT2D eigenvalue weighted by atomic mass is 10.1. The van der Waals surface area contributed by atoms with E-state index in [1.54, 1.807) is 48.5 Å². The number of carbonyl (C=O) groups excluding carboxylic acids is 3. The molecular weight excluding hydrogens is 400 g/mol. The van der Waals surface area contributed by atoms with E-state index in [1.165, 1.54) is 6.07 Å². The topological polar surface area (TPSA) is 95.0 Å². The van der Waals surface area contributed by atoms with Gasteiger partial charge in [0.1, 0.15) is 11.2 Å². The van der Waals surface area contributed by atoms with Crippen LogP contribution in [0.15, 0.2) is 12.6 Å². The molecule has 0 saturated heterocycles. The predicted molar refractivity (Wildman–Crippen MR) is 110 cm³/mol. The van der Waals surface area contributed by atoms with Crippen molar-refractivity contribution >= 4 is 41.0 Å². The van der Waals surface area contributed by atoms with Gasteiger partial charge < -0.3 is 14.2 Å². The summed E-state index contributed by atoms with van der Waals surface area (Å²) in [6.45, 7) is 15.3. The van der Waals surface area contributed by atoms with E-state index in [1.807, 2.05) is 0 Å². The molecule has 0 aliphatic carbocycles. The van der Waals surface area contributed by atoms with Crippen molar-refractivity contribution in [1.29, 1.82) is 0 Å². The van der Waals surface area contributed by atoms with Crippen LogP contribution in [-0.4, -0.2) is 41.5 Å². The van der Waals surface area contributed by atoms with Gasteiger partial charge in [0.05, 0.1) is 23.5 Å². The first kappa shape index (κ1) is 24.4. The van der Waals surface area contributed by atoms with Crippen LogP contribution in [0.4, 0.5) is 15.3 Å². The van der Waals surface area contributed by atoms with Crippen molar-refractivity contribution in [3.8, 4) is 0 Å². The molecule has 0 N–H and O–H groups in total. The number of amides is 2. The lowest BCUT2D eigenvalue weighted by molar-refractivity contribution is 0.0428. The number of rotatable bonds is 3. The first-order valence-corrected chi connectivity index (χ1v) is 9.16. The maximum atomic E-state index is 12.9. The van der Waals surface area contributed by atoms with Crippen molar-refractivity contribution in [1.82, 2.24) is 4.98 Å². The Morgan fingerprint density at radius 1 is 1.03 bits per heavy atom. The minimum Gasteiger partial charge on any atom is -0.464 e. The smallest absolute Gasteiger partial charge is 0.424 e. The Hall–Kier alpha value is -2.61. The average molecular weight is 427 g/mol. The molecule has 0 atom stereocenters. The van der Waals surface area contributed by atoms with Gasteiger partial charge in [-0.15, -0.1) is 0 Å². The molecule has 1 heterocycles. The number of ether oxygens (including phenoxy) is 3. The summed E-state index contributed by atoms with van der Waals surface area (Å²) in [6, 6.07) is 1.35. The molecule has 1 aromatic rings. The number of imide groups is 1. The Balaban J connectivity index is 3.72. The molecule has 1 rings (SSSR count). The third-order valence-electron chi connectivity index (χ3n) is 3.15. The van der Waals surface area contributed by atoms with E-state index < -0.39 is 29.4 Å². The predicted octanol–water partition coefficient (Wildman–Crippen LogP) is 5.23. The summed E-state index contributed by atoms with van der Waals surface area (Å²) in [5, 5.41) is -0.265. The number of esters is 1. The van der Waals surface area contributed by atoms with Gasteiger partial charge in [0.25, 0.3) is 0 Å². The van der Waals surface area contributed by atoms with Gasteiger partial charge in [-0.25, -0.2) is 19.4 Å². The van der Waals surface area contributed by atoms with Crippen molar-refractivity contribution in [2.24, 2.45) is 0 Å². The molecule has 2 amide bonds. The molecule has 0 aliphatic heterocycles. The molecule has 0 fully saturated rings. The summed E-state index contributed by atoms with van der Waals surface area (Å²) in [7, 11) is 1.16. The second kappa shape index (κ2) is 8.82. The van der Waals surface area contributed by atoms with Crippen LogP contribution < -0.4 is 4.90 Å². The number of anilines is 1. The van der Waals surface area contributed by atoms with Crippen LogP contribution in [0, 0.1) is 0 Å². The Morgan fingerprint density at radius 2 is 1.48 bits per heavy atom. The monoisotopic (exact) mass is 426 g/mol. The van der Waals surface area contributed by atoms with E-state index >= 15 is 0 Å².